The summed E-state index contributed by atoms with van der Waals surface area (Å²) < 4.78 is 0. The Labute approximate surface area is 90.7 Å². The molecule has 0 spiro atoms. The highest BCUT2D eigenvalue weighted by atomic mass is 14.9. The van der Waals surface area contributed by atoms with Gasteiger partial charge >= 0.3 is 0 Å². The zero-order valence-electron chi connectivity index (χ0n) is 10.8. The fourth-order valence-corrected chi connectivity index (χ4v) is 1.98. The van der Waals surface area contributed by atoms with Gasteiger partial charge in [-0.1, -0.05) is 47.5 Å². The van der Waals surface area contributed by atoms with Crippen molar-refractivity contribution in [2.24, 2.45) is 11.3 Å². The Kier molecular flexibility index (Phi) is 7.26. The van der Waals surface area contributed by atoms with Gasteiger partial charge in [0.05, 0.1) is 0 Å². The largest absolute Gasteiger partial charge is 0.316 e. The Balaban J connectivity index is 4.01. The van der Waals surface area contributed by atoms with Crippen molar-refractivity contribution >= 4 is 0 Å². The van der Waals surface area contributed by atoms with Crippen LogP contribution in [-0.4, -0.2) is 13.1 Å². The number of rotatable bonds is 8. The second-order valence-corrected chi connectivity index (χ2v) is 4.87. The van der Waals surface area contributed by atoms with E-state index in [2.05, 4.69) is 39.9 Å². The molecule has 1 N–H and O–H groups in total. The third-order valence-corrected chi connectivity index (χ3v) is 3.67. The average molecular weight is 199 g/mol. The van der Waals surface area contributed by atoms with Crippen LogP contribution in [0.5, 0.6) is 0 Å². The van der Waals surface area contributed by atoms with Gasteiger partial charge in [-0.2, -0.15) is 0 Å². The van der Waals surface area contributed by atoms with Crippen molar-refractivity contribution < 1.29 is 0 Å². The minimum atomic E-state index is 0.491. The lowest BCUT2D eigenvalue weighted by Crippen LogP contribution is -2.37. The van der Waals surface area contributed by atoms with Gasteiger partial charge in [0.15, 0.2) is 0 Å². The summed E-state index contributed by atoms with van der Waals surface area (Å²) in [6.07, 6.45) is 5.19. The molecule has 14 heavy (non-hydrogen) atoms. The van der Waals surface area contributed by atoms with E-state index in [1.165, 1.54) is 32.2 Å². The Bertz CT molecular complexity index is 133. The van der Waals surface area contributed by atoms with Crippen LogP contribution in [-0.2, 0) is 0 Å². The predicted molar refractivity (Wildman–Crippen MR) is 65.6 cm³/mol. The van der Waals surface area contributed by atoms with E-state index in [1.54, 1.807) is 0 Å². The normalized spacial score (nSPS) is 17.8. The first-order chi connectivity index (χ1) is 6.60. The number of hydrogen-bond acceptors (Lipinski definition) is 1. The maximum absolute atomic E-state index is 3.57. The topological polar surface area (TPSA) is 12.0 Å². The number of nitrogens with one attached hydrogen (secondary N) is 1. The highest BCUT2D eigenvalue weighted by molar-refractivity contribution is 4.80. The maximum Gasteiger partial charge on any atom is 0.000761 e. The smallest absolute Gasteiger partial charge is 0.000761 e. The van der Waals surface area contributed by atoms with E-state index in [9.17, 15) is 0 Å². The zero-order chi connectivity index (χ0) is 11.0. The van der Waals surface area contributed by atoms with Crippen molar-refractivity contribution in [1.29, 1.82) is 0 Å². The molecule has 2 atom stereocenters. The van der Waals surface area contributed by atoms with E-state index in [-0.39, 0.29) is 0 Å². The number of hydrogen-bond donors (Lipinski definition) is 1. The molecule has 0 fully saturated rings. The first-order valence-corrected chi connectivity index (χ1v) is 6.31. The molecule has 0 aliphatic rings. The molecule has 2 unspecified atom stereocenters. The molecule has 1 heteroatoms. The lowest BCUT2D eigenvalue weighted by atomic mass is 9.74. The van der Waals surface area contributed by atoms with Crippen LogP contribution in [0, 0.1) is 11.3 Å². The Morgan fingerprint density at radius 3 is 2.21 bits per heavy atom. The summed E-state index contributed by atoms with van der Waals surface area (Å²) in [5, 5.41) is 3.57. The van der Waals surface area contributed by atoms with Gasteiger partial charge in [0.25, 0.3) is 0 Å². The summed E-state index contributed by atoms with van der Waals surface area (Å²) in [4.78, 5) is 0. The van der Waals surface area contributed by atoms with Crippen LogP contribution < -0.4 is 5.32 Å². The van der Waals surface area contributed by atoms with Gasteiger partial charge in [-0.05, 0) is 30.7 Å². The second kappa shape index (κ2) is 7.28. The molecule has 0 aromatic heterocycles. The molecular formula is C13H29N. The van der Waals surface area contributed by atoms with Crippen LogP contribution >= 0.6 is 0 Å². The molecule has 0 bridgehead atoms. The van der Waals surface area contributed by atoms with Crippen molar-refractivity contribution in [3.05, 3.63) is 0 Å². The Hall–Kier alpha value is -0.0400. The average Bonchev–Trinajstić information content (AvgIpc) is 2.18. The van der Waals surface area contributed by atoms with E-state index >= 15 is 0 Å². The Morgan fingerprint density at radius 1 is 1.14 bits per heavy atom. The molecule has 0 aromatic rings. The van der Waals surface area contributed by atoms with Gasteiger partial charge in [0.1, 0.15) is 0 Å². The summed E-state index contributed by atoms with van der Waals surface area (Å²) in [6.45, 7) is 14.0. The molecule has 0 rings (SSSR count). The van der Waals surface area contributed by atoms with E-state index in [4.69, 9.17) is 0 Å². The third-order valence-electron chi connectivity index (χ3n) is 3.67. The highest BCUT2D eigenvalue weighted by Gasteiger charge is 2.27. The summed E-state index contributed by atoms with van der Waals surface area (Å²) in [6, 6.07) is 0. The molecule has 0 radical (unpaired) electrons. The fraction of sp³-hybridized carbons (Fsp3) is 1.00. The van der Waals surface area contributed by atoms with Gasteiger partial charge in [0, 0.05) is 6.54 Å². The van der Waals surface area contributed by atoms with Crippen LogP contribution in [0.3, 0.4) is 0 Å². The lowest BCUT2D eigenvalue weighted by Gasteiger charge is -2.35. The van der Waals surface area contributed by atoms with E-state index in [1.807, 2.05) is 0 Å². The Morgan fingerprint density at radius 2 is 1.79 bits per heavy atom. The first-order valence-electron chi connectivity index (χ1n) is 6.31. The zero-order valence-corrected chi connectivity index (χ0v) is 10.8. The van der Waals surface area contributed by atoms with Crippen molar-refractivity contribution in [2.75, 3.05) is 13.1 Å². The predicted octanol–water partition coefficient (Wildman–Crippen LogP) is 3.84. The molecule has 0 saturated heterocycles. The monoisotopic (exact) mass is 199 g/mol. The SMILES string of the molecule is CCCNCC(C)(CC)C(C)CCC. The van der Waals surface area contributed by atoms with Crippen molar-refractivity contribution in [1.82, 2.24) is 5.32 Å². The summed E-state index contributed by atoms with van der Waals surface area (Å²) in [7, 11) is 0. The molecular weight excluding hydrogens is 170 g/mol. The lowest BCUT2D eigenvalue weighted by molar-refractivity contribution is 0.174. The maximum atomic E-state index is 3.57. The van der Waals surface area contributed by atoms with Gasteiger partial charge < -0.3 is 5.32 Å². The molecule has 1 nitrogen and oxygen atoms in total. The minimum Gasteiger partial charge on any atom is -0.316 e. The first kappa shape index (κ1) is 14.0. The quantitative estimate of drug-likeness (QED) is 0.586. The van der Waals surface area contributed by atoms with Gasteiger partial charge in [-0.25, -0.2) is 0 Å². The van der Waals surface area contributed by atoms with Crippen molar-refractivity contribution in [3.63, 3.8) is 0 Å². The fourth-order valence-electron chi connectivity index (χ4n) is 1.98. The summed E-state index contributed by atoms with van der Waals surface area (Å²) >= 11 is 0. The second-order valence-electron chi connectivity index (χ2n) is 4.87. The van der Waals surface area contributed by atoms with Crippen molar-refractivity contribution in [2.45, 2.75) is 60.3 Å². The van der Waals surface area contributed by atoms with Crippen LogP contribution in [0.4, 0.5) is 0 Å². The third kappa shape index (κ3) is 4.45. The highest BCUT2D eigenvalue weighted by Crippen LogP contribution is 2.33. The van der Waals surface area contributed by atoms with Crippen molar-refractivity contribution in [3.8, 4) is 0 Å². The summed E-state index contributed by atoms with van der Waals surface area (Å²) in [5.74, 6) is 0.835. The molecule has 0 amide bonds. The van der Waals surface area contributed by atoms with Gasteiger partial charge in [-0.15, -0.1) is 0 Å². The molecule has 86 valence electrons. The summed E-state index contributed by atoms with van der Waals surface area (Å²) in [5.41, 5.74) is 0.491. The molecule has 0 heterocycles. The molecule has 0 aromatic carbocycles. The molecule has 0 aliphatic heterocycles. The molecule has 0 saturated carbocycles. The van der Waals surface area contributed by atoms with Gasteiger partial charge in [0.2, 0.25) is 0 Å². The van der Waals surface area contributed by atoms with E-state index in [0.29, 0.717) is 5.41 Å². The minimum absolute atomic E-state index is 0.491. The van der Waals surface area contributed by atoms with Crippen LogP contribution in [0.2, 0.25) is 0 Å². The standard InChI is InChI=1S/C13H29N/c1-6-9-12(4)13(5,8-3)11-14-10-7-2/h12,14H,6-11H2,1-5H3. The van der Waals surface area contributed by atoms with Crippen LogP contribution in [0.15, 0.2) is 0 Å². The van der Waals surface area contributed by atoms with E-state index in [0.717, 1.165) is 12.5 Å². The van der Waals surface area contributed by atoms with Crippen LogP contribution in [0.25, 0.3) is 0 Å². The van der Waals surface area contributed by atoms with Crippen LogP contribution in [0.1, 0.15) is 60.3 Å². The van der Waals surface area contributed by atoms with Gasteiger partial charge in [-0.3, -0.25) is 0 Å². The van der Waals surface area contributed by atoms with E-state index < -0.39 is 0 Å². The molecule has 0 aliphatic carbocycles.